The van der Waals surface area contributed by atoms with E-state index in [2.05, 4.69) is 10.9 Å². The Labute approximate surface area is 152 Å². The van der Waals surface area contributed by atoms with Gasteiger partial charge in [-0.25, -0.2) is 0 Å². The van der Waals surface area contributed by atoms with Crippen LogP contribution in [-0.4, -0.2) is 16.7 Å². The lowest BCUT2D eigenvalue weighted by molar-refractivity contribution is -0.384. The monoisotopic (exact) mass is 379 g/mol. The summed E-state index contributed by atoms with van der Waals surface area (Å²) < 4.78 is 0. The average Bonchev–Trinajstić information content (AvgIpc) is 2.58. The van der Waals surface area contributed by atoms with Gasteiger partial charge in [0.05, 0.1) is 15.5 Å². The Morgan fingerprint density at radius 1 is 1.04 bits per heavy atom. The Kier molecular flexibility index (Phi) is 6.10. The number of rotatable bonds is 4. The third-order valence-corrected chi connectivity index (χ3v) is 3.55. The molecule has 0 aromatic heterocycles. The molecule has 0 radical (unpaired) electrons. The highest BCUT2D eigenvalue weighted by Crippen LogP contribution is 2.20. The topological polar surface area (TPSA) is 101 Å². The van der Waals surface area contributed by atoms with E-state index in [0.717, 1.165) is 0 Å². The van der Waals surface area contributed by atoms with Crippen LogP contribution in [0.1, 0.15) is 15.9 Å². The molecular formula is C16H11Cl2N3O4. The molecule has 2 rings (SSSR count). The van der Waals surface area contributed by atoms with Gasteiger partial charge in [-0.15, -0.1) is 0 Å². The second-order valence-electron chi connectivity index (χ2n) is 4.75. The first-order valence-corrected chi connectivity index (χ1v) is 7.60. The van der Waals surface area contributed by atoms with Gasteiger partial charge in [-0.1, -0.05) is 23.2 Å². The van der Waals surface area contributed by atoms with Gasteiger partial charge in [0.25, 0.3) is 17.5 Å². The van der Waals surface area contributed by atoms with Crippen molar-refractivity contribution < 1.29 is 14.5 Å². The second kappa shape index (κ2) is 8.27. The van der Waals surface area contributed by atoms with Crippen molar-refractivity contribution in [3.8, 4) is 0 Å². The van der Waals surface area contributed by atoms with Gasteiger partial charge < -0.3 is 0 Å². The Morgan fingerprint density at radius 2 is 1.72 bits per heavy atom. The zero-order chi connectivity index (χ0) is 18.4. The molecule has 0 heterocycles. The summed E-state index contributed by atoms with van der Waals surface area (Å²) >= 11 is 11.6. The quantitative estimate of drug-likeness (QED) is 0.482. The van der Waals surface area contributed by atoms with Crippen molar-refractivity contribution in [1.29, 1.82) is 0 Å². The molecule has 2 aromatic rings. The fourth-order valence-corrected chi connectivity index (χ4v) is 2.27. The number of hydrazine groups is 1. The van der Waals surface area contributed by atoms with Crippen LogP contribution in [0.5, 0.6) is 0 Å². The number of carbonyl (C=O) groups excluding carboxylic acids is 2. The van der Waals surface area contributed by atoms with Gasteiger partial charge in [0.15, 0.2) is 0 Å². The van der Waals surface area contributed by atoms with E-state index in [-0.39, 0.29) is 16.3 Å². The Morgan fingerprint density at radius 3 is 2.32 bits per heavy atom. The highest BCUT2D eigenvalue weighted by Gasteiger charge is 2.11. The molecule has 2 amide bonds. The first kappa shape index (κ1) is 18.4. The first-order valence-electron chi connectivity index (χ1n) is 6.85. The van der Waals surface area contributed by atoms with E-state index in [1.165, 1.54) is 54.6 Å². The number of non-ortho nitro benzene ring substituents is 1. The van der Waals surface area contributed by atoms with Crippen LogP contribution in [-0.2, 0) is 4.79 Å². The highest BCUT2D eigenvalue weighted by molar-refractivity contribution is 6.36. The summed E-state index contributed by atoms with van der Waals surface area (Å²) in [6.07, 6.45) is 2.62. The van der Waals surface area contributed by atoms with Crippen LogP contribution < -0.4 is 10.9 Å². The van der Waals surface area contributed by atoms with Crippen LogP contribution in [0, 0.1) is 10.1 Å². The van der Waals surface area contributed by atoms with Crippen molar-refractivity contribution in [2.45, 2.75) is 0 Å². The van der Waals surface area contributed by atoms with Crippen LogP contribution in [0.4, 0.5) is 5.69 Å². The predicted octanol–water partition coefficient (Wildman–Crippen LogP) is 3.38. The molecule has 0 aliphatic heterocycles. The lowest BCUT2D eigenvalue weighted by Gasteiger charge is -2.07. The SMILES string of the molecule is O=C(/C=C/c1ccc([N+](=O)[O-])cc1)NNC(=O)c1ccc(Cl)cc1Cl. The molecule has 0 atom stereocenters. The number of hydrogen-bond donors (Lipinski definition) is 2. The Balaban J connectivity index is 1.91. The minimum atomic E-state index is -0.598. The van der Waals surface area contributed by atoms with Crippen LogP contribution in [0.25, 0.3) is 6.08 Å². The van der Waals surface area contributed by atoms with E-state index in [0.29, 0.717) is 10.6 Å². The summed E-state index contributed by atoms with van der Waals surface area (Å²) in [5.74, 6) is -1.18. The smallest absolute Gasteiger partial charge is 0.268 e. The fourth-order valence-electron chi connectivity index (χ4n) is 1.78. The van der Waals surface area contributed by atoms with E-state index >= 15 is 0 Å². The van der Waals surface area contributed by atoms with Gasteiger partial charge in [-0.05, 0) is 42.0 Å². The van der Waals surface area contributed by atoms with Gasteiger partial charge in [0.1, 0.15) is 0 Å². The number of amides is 2. The second-order valence-corrected chi connectivity index (χ2v) is 5.59. The average molecular weight is 380 g/mol. The molecule has 128 valence electrons. The van der Waals surface area contributed by atoms with Gasteiger partial charge in [0.2, 0.25) is 0 Å². The van der Waals surface area contributed by atoms with Gasteiger partial charge in [-0.2, -0.15) is 0 Å². The highest BCUT2D eigenvalue weighted by atomic mass is 35.5. The lowest BCUT2D eigenvalue weighted by atomic mass is 10.2. The fraction of sp³-hybridized carbons (Fsp3) is 0. The van der Waals surface area contributed by atoms with Gasteiger partial charge in [-0.3, -0.25) is 30.6 Å². The molecule has 9 heteroatoms. The molecule has 0 spiro atoms. The molecule has 25 heavy (non-hydrogen) atoms. The zero-order valence-electron chi connectivity index (χ0n) is 12.5. The molecule has 0 aliphatic carbocycles. The van der Waals surface area contributed by atoms with Crippen molar-refractivity contribution in [1.82, 2.24) is 10.9 Å². The molecule has 7 nitrogen and oxygen atoms in total. The Hall–Kier alpha value is -2.90. The minimum absolute atomic E-state index is 0.0475. The summed E-state index contributed by atoms with van der Waals surface area (Å²) in [5.41, 5.74) is 5.11. The standard InChI is InChI=1S/C16H11Cl2N3O4/c17-11-4-7-13(14(18)9-11)16(23)20-19-15(22)8-3-10-1-5-12(6-2-10)21(24)25/h1-9H,(H,19,22)(H,20,23)/b8-3+. The maximum Gasteiger partial charge on any atom is 0.271 e. The maximum atomic E-state index is 11.9. The third-order valence-electron chi connectivity index (χ3n) is 3.01. The largest absolute Gasteiger partial charge is 0.271 e. The summed E-state index contributed by atoms with van der Waals surface area (Å²) in [7, 11) is 0. The van der Waals surface area contributed by atoms with E-state index < -0.39 is 16.7 Å². The van der Waals surface area contributed by atoms with Crippen molar-refractivity contribution in [2.75, 3.05) is 0 Å². The molecule has 0 bridgehead atoms. The number of benzene rings is 2. The van der Waals surface area contributed by atoms with E-state index in [1.807, 2.05) is 0 Å². The van der Waals surface area contributed by atoms with E-state index in [4.69, 9.17) is 23.2 Å². The molecule has 0 aliphatic rings. The number of halogens is 2. The zero-order valence-corrected chi connectivity index (χ0v) is 14.0. The molecule has 0 saturated carbocycles. The first-order chi connectivity index (χ1) is 11.9. The van der Waals surface area contributed by atoms with E-state index in [9.17, 15) is 19.7 Å². The van der Waals surface area contributed by atoms with Crippen LogP contribution >= 0.6 is 23.2 Å². The molecule has 0 saturated heterocycles. The van der Waals surface area contributed by atoms with Crippen LogP contribution in [0.3, 0.4) is 0 Å². The summed E-state index contributed by atoms with van der Waals surface area (Å²) in [6.45, 7) is 0. The molecule has 0 unspecified atom stereocenters. The normalized spacial score (nSPS) is 10.5. The lowest BCUT2D eigenvalue weighted by Crippen LogP contribution is -2.40. The van der Waals surface area contributed by atoms with Crippen molar-refractivity contribution in [2.24, 2.45) is 0 Å². The van der Waals surface area contributed by atoms with E-state index in [1.54, 1.807) is 0 Å². The third kappa shape index (κ3) is 5.30. The van der Waals surface area contributed by atoms with Crippen LogP contribution in [0.15, 0.2) is 48.5 Å². The number of nitro benzene ring substituents is 1. The molecule has 0 fully saturated rings. The molecular weight excluding hydrogens is 369 g/mol. The maximum absolute atomic E-state index is 11.9. The summed E-state index contributed by atoms with van der Waals surface area (Å²) in [5, 5.41) is 11.1. The number of nitrogens with zero attached hydrogens (tertiary/aromatic N) is 1. The molecule has 2 N–H and O–H groups in total. The summed E-state index contributed by atoms with van der Waals surface area (Å²) in [6, 6.07) is 9.97. The number of carbonyl (C=O) groups is 2. The van der Waals surface area contributed by atoms with Crippen molar-refractivity contribution in [3.63, 3.8) is 0 Å². The van der Waals surface area contributed by atoms with Crippen molar-refractivity contribution in [3.05, 3.63) is 79.8 Å². The number of hydrogen-bond acceptors (Lipinski definition) is 4. The van der Waals surface area contributed by atoms with Crippen molar-refractivity contribution >= 4 is 46.8 Å². The number of nitrogens with one attached hydrogen (secondary N) is 2. The Bertz CT molecular complexity index is 851. The summed E-state index contributed by atoms with van der Waals surface area (Å²) in [4.78, 5) is 33.6. The van der Waals surface area contributed by atoms with Gasteiger partial charge >= 0.3 is 0 Å². The minimum Gasteiger partial charge on any atom is -0.268 e. The van der Waals surface area contributed by atoms with Gasteiger partial charge in [0, 0.05) is 23.2 Å². The molecule has 2 aromatic carbocycles. The van der Waals surface area contributed by atoms with Crippen LogP contribution in [0.2, 0.25) is 10.0 Å². The predicted molar refractivity (Wildman–Crippen MR) is 94.2 cm³/mol. The number of nitro groups is 1.